The van der Waals surface area contributed by atoms with Gasteiger partial charge in [-0.25, -0.2) is 9.78 Å². The van der Waals surface area contributed by atoms with E-state index in [-0.39, 0.29) is 17.0 Å². The van der Waals surface area contributed by atoms with Gasteiger partial charge in [0.15, 0.2) is 8.32 Å². The summed E-state index contributed by atoms with van der Waals surface area (Å²) in [6, 6.07) is -0.265. The van der Waals surface area contributed by atoms with Crippen LogP contribution < -0.4 is 0 Å². The van der Waals surface area contributed by atoms with E-state index in [1.165, 1.54) is 16.2 Å². The van der Waals surface area contributed by atoms with Gasteiger partial charge >= 0.3 is 6.09 Å². The molecule has 8 heteroatoms. The van der Waals surface area contributed by atoms with Crippen molar-refractivity contribution in [3.63, 3.8) is 0 Å². The summed E-state index contributed by atoms with van der Waals surface area (Å²) in [6.07, 6.45) is -1.44. The smallest absolute Gasteiger partial charge is 0.407 e. The van der Waals surface area contributed by atoms with E-state index in [9.17, 15) is 15.0 Å². The zero-order chi connectivity index (χ0) is 20.3. The van der Waals surface area contributed by atoms with E-state index < -0.39 is 20.5 Å². The zero-order valence-corrected chi connectivity index (χ0v) is 19.1. The maximum absolute atomic E-state index is 11.2. The summed E-state index contributed by atoms with van der Waals surface area (Å²) < 4.78 is 6.18. The molecule has 1 heterocycles. The first-order chi connectivity index (χ1) is 11.8. The molecule has 26 heavy (non-hydrogen) atoms. The second kappa shape index (κ2) is 8.82. The van der Waals surface area contributed by atoms with Gasteiger partial charge in [-0.1, -0.05) is 34.6 Å². The molecule has 0 aromatic carbocycles. The fourth-order valence-electron chi connectivity index (χ4n) is 2.36. The van der Waals surface area contributed by atoms with Crippen molar-refractivity contribution in [2.75, 3.05) is 7.05 Å². The number of hydrogen-bond acceptors (Lipinski definition) is 5. The highest BCUT2D eigenvalue weighted by atomic mass is 32.1. The third-order valence-corrected chi connectivity index (χ3v) is 10.7. The van der Waals surface area contributed by atoms with Gasteiger partial charge in [-0.3, -0.25) is 0 Å². The number of carbonyl (C=O) groups is 1. The van der Waals surface area contributed by atoms with Crippen molar-refractivity contribution in [2.24, 2.45) is 5.92 Å². The predicted octanol–water partition coefficient (Wildman–Crippen LogP) is 4.72. The number of nitrogens with zero attached hydrogens (tertiary/aromatic N) is 2. The maximum atomic E-state index is 11.2. The molecule has 0 spiro atoms. The molecule has 1 aromatic rings. The standard InChI is InChI=1S/C18H34N2O4SSi/c1-12(2)14(20(6)17(22)23)9-15(21)16-19-13(11-25-16)10-24-26(7,8)18(3,4)5/h11-12,14-15,21H,9-10H2,1-8H3,(H,22,23)/t14-,15+/m1/s1. The number of amides is 1. The second-order valence-electron chi connectivity index (χ2n) is 8.68. The third-order valence-electron chi connectivity index (χ3n) is 5.28. The van der Waals surface area contributed by atoms with E-state index in [1.54, 1.807) is 7.05 Å². The third kappa shape index (κ3) is 6.04. The molecular formula is C18H34N2O4SSi. The Labute approximate surface area is 162 Å². The van der Waals surface area contributed by atoms with Crippen LogP contribution in [0.3, 0.4) is 0 Å². The summed E-state index contributed by atoms with van der Waals surface area (Å²) >= 11 is 1.40. The zero-order valence-electron chi connectivity index (χ0n) is 17.2. The molecule has 0 unspecified atom stereocenters. The summed E-state index contributed by atoms with van der Waals surface area (Å²) in [7, 11) is -0.302. The van der Waals surface area contributed by atoms with Gasteiger partial charge in [-0.05, 0) is 24.1 Å². The van der Waals surface area contributed by atoms with Crippen LogP contribution in [0.4, 0.5) is 4.79 Å². The molecule has 6 nitrogen and oxygen atoms in total. The van der Waals surface area contributed by atoms with Crippen LogP contribution >= 0.6 is 11.3 Å². The van der Waals surface area contributed by atoms with E-state index in [2.05, 4.69) is 38.8 Å². The van der Waals surface area contributed by atoms with Crippen molar-refractivity contribution in [3.8, 4) is 0 Å². The van der Waals surface area contributed by atoms with E-state index in [1.807, 2.05) is 19.2 Å². The summed E-state index contributed by atoms with van der Waals surface area (Å²) in [5.41, 5.74) is 0.821. The Morgan fingerprint density at radius 2 is 1.96 bits per heavy atom. The number of aliphatic hydroxyl groups excluding tert-OH is 1. The average Bonchev–Trinajstić information content (AvgIpc) is 2.97. The fourth-order valence-corrected chi connectivity index (χ4v) is 4.10. The number of aromatic nitrogens is 1. The van der Waals surface area contributed by atoms with Gasteiger partial charge in [0, 0.05) is 24.9 Å². The molecule has 1 rings (SSSR count). The number of hydrogen-bond donors (Lipinski definition) is 2. The minimum absolute atomic E-state index is 0.104. The van der Waals surface area contributed by atoms with Crippen molar-refractivity contribution in [3.05, 3.63) is 16.1 Å². The summed E-state index contributed by atoms with van der Waals surface area (Å²) in [5.74, 6) is 0.104. The van der Waals surface area contributed by atoms with Crippen molar-refractivity contribution >= 4 is 25.7 Å². The van der Waals surface area contributed by atoms with E-state index >= 15 is 0 Å². The normalized spacial score (nSPS) is 15.2. The van der Waals surface area contributed by atoms with Crippen LogP contribution in [0.2, 0.25) is 18.1 Å². The van der Waals surface area contributed by atoms with Crippen LogP contribution in [-0.2, 0) is 11.0 Å². The van der Waals surface area contributed by atoms with Gasteiger partial charge in [0.2, 0.25) is 0 Å². The molecule has 0 saturated carbocycles. The summed E-state index contributed by atoms with van der Waals surface area (Å²) in [6.45, 7) is 15.3. The lowest BCUT2D eigenvalue weighted by atomic mass is 9.97. The van der Waals surface area contributed by atoms with E-state index in [4.69, 9.17) is 4.43 Å². The van der Waals surface area contributed by atoms with Crippen LogP contribution in [-0.4, -0.2) is 47.6 Å². The van der Waals surface area contributed by atoms with Crippen LogP contribution in [0.25, 0.3) is 0 Å². The highest BCUT2D eigenvalue weighted by Gasteiger charge is 2.37. The van der Waals surface area contributed by atoms with Crippen LogP contribution in [0.15, 0.2) is 5.38 Å². The molecule has 2 N–H and O–H groups in total. The molecule has 0 aliphatic carbocycles. The molecule has 150 valence electrons. The van der Waals surface area contributed by atoms with E-state index in [0.717, 1.165) is 5.69 Å². The van der Waals surface area contributed by atoms with Gasteiger partial charge < -0.3 is 19.5 Å². The monoisotopic (exact) mass is 402 g/mol. The molecule has 1 amide bonds. The maximum Gasteiger partial charge on any atom is 0.407 e. The predicted molar refractivity (Wildman–Crippen MR) is 108 cm³/mol. The molecule has 0 fully saturated rings. The highest BCUT2D eigenvalue weighted by Crippen LogP contribution is 2.37. The van der Waals surface area contributed by atoms with Gasteiger partial charge in [0.1, 0.15) is 11.1 Å². The SMILES string of the molecule is CC(C)[C@@H](C[C@H](O)c1nc(CO[Si](C)(C)C(C)(C)C)cs1)N(C)C(=O)O. The Balaban J connectivity index is 2.75. The average molecular weight is 403 g/mol. The topological polar surface area (TPSA) is 82.9 Å². The Hall–Kier alpha value is -0.963. The van der Waals surface area contributed by atoms with Gasteiger partial charge in [0.05, 0.1) is 12.3 Å². The lowest BCUT2D eigenvalue weighted by Crippen LogP contribution is -2.40. The second-order valence-corrected chi connectivity index (χ2v) is 14.4. The van der Waals surface area contributed by atoms with Gasteiger partial charge in [-0.15, -0.1) is 11.3 Å². The number of rotatable bonds is 8. The summed E-state index contributed by atoms with van der Waals surface area (Å²) in [5, 5.41) is 22.4. The highest BCUT2D eigenvalue weighted by molar-refractivity contribution is 7.09. The molecule has 0 saturated heterocycles. The lowest BCUT2D eigenvalue weighted by Gasteiger charge is -2.35. The number of thiazole rings is 1. The molecule has 0 aliphatic rings. The number of aliphatic hydroxyl groups is 1. The van der Waals surface area contributed by atoms with Crippen LogP contribution in [0.1, 0.15) is 57.8 Å². The quantitative estimate of drug-likeness (QED) is 0.615. The Bertz CT molecular complexity index is 598. The first-order valence-electron chi connectivity index (χ1n) is 8.98. The Kier molecular flexibility index (Phi) is 7.83. The first-order valence-corrected chi connectivity index (χ1v) is 12.8. The van der Waals surface area contributed by atoms with Gasteiger partial charge in [-0.2, -0.15) is 0 Å². The lowest BCUT2D eigenvalue weighted by molar-refractivity contribution is 0.0840. The minimum atomic E-state index is -1.84. The van der Waals surface area contributed by atoms with Crippen molar-refractivity contribution in [1.29, 1.82) is 0 Å². The largest absolute Gasteiger partial charge is 0.465 e. The molecule has 1 aromatic heterocycles. The van der Waals surface area contributed by atoms with Crippen LogP contribution in [0.5, 0.6) is 0 Å². The fraction of sp³-hybridized carbons (Fsp3) is 0.778. The first kappa shape index (κ1) is 23.1. The van der Waals surface area contributed by atoms with Crippen molar-refractivity contribution < 1.29 is 19.4 Å². The molecule has 0 radical (unpaired) electrons. The van der Waals surface area contributed by atoms with Crippen molar-refractivity contribution in [1.82, 2.24) is 9.88 Å². The number of carboxylic acid groups (broad SMARTS) is 1. The van der Waals surface area contributed by atoms with Crippen molar-refractivity contribution in [2.45, 2.75) is 77.9 Å². The molecule has 0 aliphatic heterocycles. The molecule has 0 bridgehead atoms. The van der Waals surface area contributed by atoms with E-state index in [0.29, 0.717) is 18.0 Å². The van der Waals surface area contributed by atoms with Gasteiger partial charge in [0.25, 0.3) is 0 Å². The Morgan fingerprint density at radius 3 is 2.42 bits per heavy atom. The molecule has 2 atom stereocenters. The van der Waals surface area contributed by atoms with Crippen LogP contribution in [0, 0.1) is 5.92 Å². The minimum Gasteiger partial charge on any atom is -0.465 e. The summed E-state index contributed by atoms with van der Waals surface area (Å²) in [4.78, 5) is 17.0. The molecular weight excluding hydrogens is 368 g/mol. The Morgan fingerprint density at radius 1 is 1.38 bits per heavy atom.